The molecule has 2 aromatic rings. The standard InChI is InChI=1S/C14H16N2O2S/c1-10-9-19-14(15-10)16-7-11(8-16)18-13-6-4-3-5-12(13)17-2/h3-6,9,11H,7-8H2,1-2H3. The Hall–Kier alpha value is -1.75. The Morgan fingerprint density at radius 3 is 2.63 bits per heavy atom. The first-order valence-electron chi connectivity index (χ1n) is 6.23. The third kappa shape index (κ3) is 2.51. The van der Waals surface area contributed by atoms with E-state index in [1.165, 1.54) is 0 Å². The molecular formula is C14H16N2O2S. The molecular weight excluding hydrogens is 260 g/mol. The number of hydrogen-bond donors (Lipinski definition) is 0. The van der Waals surface area contributed by atoms with Crippen LogP contribution in [-0.4, -0.2) is 31.3 Å². The van der Waals surface area contributed by atoms with Gasteiger partial charge >= 0.3 is 0 Å². The van der Waals surface area contributed by atoms with E-state index in [4.69, 9.17) is 9.47 Å². The number of thiazole rings is 1. The Bertz CT molecular complexity index is 564. The molecule has 19 heavy (non-hydrogen) atoms. The van der Waals surface area contributed by atoms with E-state index in [-0.39, 0.29) is 6.10 Å². The molecule has 0 N–H and O–H groups in total. The first kappa shape index (κ1) is 12.3. The minimum Gasteiger partial charge on any atom is -0.493 e. The smallest absolute Gasteiger partial charge is 0.185 e. The predicted molar refractivity (Wildman–Crippen MR) is 76.5 cm³/mol. The molecule has 1 fully saturated rings. The van der Waals surface area contributed by atoms with Crippen molar-refractivity contribution in [3.8, 4) is 11.5 Å². The van der Waals surface area contributed by atoms with Gasteiger partial charge < -0.3 is 14.4 Å². The number of para-hydroxylation sites is 2. The summed E-state index contributed by atoms with van der Waals surface area (Å²) in [4.78, 5) is 6.71. The van der Waals surface area contributed by atoms with Crippen LogP contribution in [0, 0.1) is 6.92 Å². The molecule has 0 aliphatic carbocycles. The van der Waals surface area contributed by atoms with E-state index in [9.17, 15) is 0 Å². The zero-order chi connectivity index (χ0) is 13.2. The largest absolute Gasteiger partial charge is 0.493 e. The fraction of sp³-hybridized carbons (Fsp3) is 0.357. The number of benzene rings is 1. The van der Waals surface area contributed by atoms with Crippen molar-refractivity contribution in [3.63, 3.8) is 0 Å². The van der Waals surface area contributed by atoms with Gasteiger partial charge in [0.25, 0.3) is 0 Å². The van der Waals surface area contributed by atoms with Gasteiger partial charge in [0.2, 0.25) is 0 Å². The van der Waals surface area contributed by atoms with Crippen LogP contribution in [0.2, 0.25) is 0 Å². The summed E-state index contributed by atoms with van der Waals surface area (Å²) in [6.45, 7) is 3.78. The van der Waals surface area contributed by atoms with Crippen molar-refractivity contribution in [2.24, 2.45) is 0 Å². The Kier molecular flexibility index (Phi) is 3.29. The van der Waals surface area contributed by atoms with E-state index >= 15 is 0 Å². The number of hydrogen-bond acceptors (Lipinski definition) is 5. The van der Waals surface area contributed by atoms with Gasteiger partial charge in [0.1, 0.15) is 6.10 Å². The Balaban J connectivity index is 1.59. The lowest BCUT2D eigenvalue weighted by Crippen LogP contribution is -2.54. The van der Waals surface area contributed by atoms with Crippen molar-refractivity contribution in [1.29, 1.82) is 0 Å². The minimum atomic E-state index is 0.209. The molecule has 1 aromatic carbocycles. The van der Waals surface area contributed by atoms with Gasteiger partial charge in [0.05, 0.1) is 25.9 Å². The molecule has 0 atom stereocenters. The number of anilines is 1. The summed E-state index contributed by atoms with van der Waals surface area (Å²) in [5.41, 5.74) is 1.08. The van der Waals surface area contributed by atoms with Crippen LogP contribution in [0.1, 0.15) is 5.69 Å². The number of rotatable bonds is 4. The lowest BCUT2D eigenvalue weighted by molar-refractivity contribution is 0.161. The molecule has 2 heterocycles. The van der Waals surface area contributed by atoms with E-state index < -0.39 is 0 Å². The minimum absolute atomic E-state index is 0.209. The molecule has 1 aliphatic heterocycles. The van der Waals surface area contributed by atoms with E-state index in [1.807, 2.05) is 31.2 Å². The maximum absolute atomic E-state index is 5.94. The topological polar surface area (TPSA) is 34.6 Å². The van der Waals surface area contributed by atoms with Gasteiger partial charge in [-0.15, -0.1) is 11.3 Å². The van der Waals surface area contributed by atoms with Gasteiger partial charge in [-0.05, 0) is 19.1 Å². The molecule has 0 saturated carbocycles. The first-order valence-corrected chi connectivity index (χ1v) is 7.11. The summed E-state index contributed by atoms with van der Waals surface area (Å²) in [5.74, 6) is 1.59. The average molecular weight is 276 g/mol. The molecule has 1 aromatic heterocycles. The van der Waals surface area contributed by atoms with Crippen LogP contribution in [0.15, 0.2) is 29.6 Å². The SMILES string of the molecule is COc1ccccc1OC1CN(c2nc(C)cs2)C1. The van der Waals surface area contributed by atoms with E-state index in [0.717, 1.165) is 35.4 Å². The predicted octanol–water partition coefficient (Wildman–Crippen LogP) is 2.73. The van der Waals surface area contributed by atoms with E-state index in [1.54, 1.807) is 18.4 Å². The quantitative estimate of drug-likeness (QED) is 0.860. The lowest BCUT2D eigenvalue weighted by Gasteiger charge is -2.38. The van der Waals surface area contributed by atoms with Crippen LogP contribution in [-0.2, 0) is 0 Å². The van der Waals surface area contributed by atoms with E-state index in [2.05, 4.69) is 15.3 Å². The second kappa shape index (κ2) is 5.09. The summed E-state index contributed by atoms with van der Waals surface area (Å²) in [6.07, 6.45) is 0.209. The molecule has 0 spiro atoms. The maximum Gasteiger partial charge on any atom is 0.185 e. The fourth-order valence-electron chi connectivity index (χ4n) is 2.05. The molecule has 0 bridgehead atoms. The third-order valence-corrected chi connectivity index (χ3v) is 4.11. The van der Waals surface area contributed by atoms with E-state index in [0.29, 0.717) is 0 Å². The van der Waals surface area contributed by atoms with Crippen LogP contribution < -0.4 is 14.4 Å². The number of nitrogens with zero attached hydrogens (tertiary/aromatic N) is 2. The van der Waals surface area contributed by atoms with Crippen molar-refractivity contribution >= 4 is 16.5 Å². The molecule has 1 aliphatic rings. The molecule has 5 heteroatoms. The van der Waals surface area contributed by atoms with Crippen LogP contribution in [0.3, 0.4) is 0 Å². The average Bonchev–Trinajstić information content (AvgIpc) is 2.80. The van der Waals surface area contributed by atoms with Crippen molar-refractivity contribution < 1.29 is 9.47 Å². The molecule has 0 radical (unpaired) electrons. The maximum atomic E-state index is 5.94. The Morgan fingerprint density at radius 1 is 1.26 bits per heavy atom. The first-order chi connectivity index (χ1) is 9.26. The van der Waals surface area contributed by atoms with Gasteiger partial charge in [0.15, 0.2) is 16.6 Å². The lowest BCUT2D eigenvalue weighted by atomic mass is 10.2. The summed E-state index contributed by atoms with van der Waals surface area (Å²) >= 11 is 1.68. The van der Waals surface area contributed by atoms with Crippen molar-refractivity contribution in [2.75, 3.05) is 25.1 Å². The summed E-state index contributed by atoms with van der Waals surface area (Å²) in [6, 6.07) is 7.75. The van der Waals surface area contributed by atoms with Gasteiger partial charge in [-0.25, -0.2) is 4.98 Å². The number of methoxy groups -OCH3 is 1. The highest BCUT2D eigenvalue weighted by Crippen LogP contribution is 2.31. The molecule has 0 amide bonds. The molecule has 4 nitrogen and oxygen atoms in total. The van der Waals surface area contributed by atoms with Crippen molar-refractivity contribution in [2.45, 2.75) is 13.0 Å². The molecule has 0 unspecified atom stereocenters. The molecule has 100 valence electrons. The summed E-state index contributed by atoms with van der Waals surface area (Å²) < 4.78 is 11.2. The van der Waals surface area contributed by atoms with Crippen LogP contribution in [0.5, 0.6) is 11.5 Å². The van der Waals surface area contributed by atoms with Gasteiger partial charge in [-0.1, -0.05) is 12.1 Å². The van der Waals surface area contributed by atoms with Gasteiger partial charge in [0, 0.05) is 5.38 Å². The van der Waals surface area contributed by atoms with Crippen molar-refractivity contribution in [1.82, 2.24) is 4.98 Å². The monoisotopic (exact) mass is 276 g/mol. The van der Waals surface area contributed by atoms with Gasteiger partial charge in [-0.2, -0.15) is 0 Å². The summed E-state index contributed by atoms with van der Waals surface area (Å²) in [7, 11) is 1.66. The second-order valence-electron chi connectivity index (χ2n) is 4.57. The van der Waals surface area contributed by atoms with Gasteiger partial charge in [-0.3, -0.25) is 0 Å². The zero-order valence-corrected chi connectivity index (χ0v) is 11.8. The molecule has 1 saturated heterocycles. The van der Waals surface area contributed by atoms with Crippen LogP contribution >= 0.6 is 11.3 Å². The zero-order valence-electron chi connectivity index (χ0n) is 11.0. The fourth-order valence-corrected chi connectivity index (χ4v) is 2.87. The number of aromatic nitrogens is 1. The third-order valence-electron chi connectivity index (χ3n) is 3.09. The Morgan fingerprint density at radius 2 is 2.00 bits per heavy atom. The van der Waals surface area contributed by atoms with Crippen LogP contribution in [0.25, 0.3) is 0 Å². The second-order valence-corrected chi connectivity index (χ2v) is 5.40. The van der Waals surface area contributed by atoms with Crippen molar-refractivity contribution in [3.05, 3.63) is 35.3 Å². The highest BCUT2D eigenvalue weighted by Gasteiger charge is 2.30. The Labute approximate surface area is 116 Å². The summed E-state index contributed by atoms with van der Waals surface area (Å²) in [5, 5.41) is 3.15. The molecule has 3 rings (SSSR count). The van der Waals surface area contributed by atoms with Crippen LogP contribution in [0.4, 0.5) is 5.13 Å². The number of aryl methyl sites for hydroxylation is 1. The number of ether oxygens (including phenoxy) is 2. The highest BCUT2D eigenvalue weighted by molar-refractivity contribution is 7.13. The normalized spacial score (nSPS) is 15.2. The highest BCUT2D eigenvalue weighted by atomic mass is 32.1.